The fourth-order valence-corrected chi connectivity index (χ4v) is 3.38. The lowest BCUT2D eigenvalue weighted by Gasteiger charge is -2.26. The van der Waals surface area contributed by atoms with Gasteiger partial charge in [0.05, 0.1) is 24.9 Å². The number of rotatable bonds is 4. The molecule has 0 atom stereocenters. The van der Waals surface area contributed by atoms with Crippen molar-refractivity contribution in [1.29, 1.82) is 0 Å². The normalized spacial score (nSPS) is 15.6. The van der Waals surface area contributed by atoms with Crippen LogP contribution in [0.1, 0.15) is 5.56 Å². The second kappa shape index (κ2) is 8.04. The van der Waals surface area contributed by atoms with E-state index in [1.54, 1.807) is 30.3 Å². The molecule has 0 aromatic heterocycles. The van der Waals surface area contributed by atoms with Gasteiger partial charge in [0.25, 0.3) is 11.8 Å². The fourth-order valence-electron chi connectivity index (χ4n) is 2.70. The van der Waals surface area contributed by atoms with Gasteiger partial charge in [-0.05, 0) is 42.0 Å². The predicted octanol–water partition coefficient (Wildman–Crippen LogP) is 3.79. The maximum atomic E-state index is 12.9. The summed E-state index contributed by atoms with van der Waals surface area (Å²) in [6.07, 6.45) is 1.34. The number of barbiturate groups is 1. The Bertz CT molecular complexity index is 1020. The van der Waals surface area contributed by atoms with E-state index in [-0.39, 0.29) is 10.6 Å². The minimum absolute atomic E-state index is 0.220. The van der Waals surface area contributed by atoms with Crippen molar-refractivity contribution >= 4 is 57.1 Å². The summed E-state index contributed by atoms with van der Waals surface area (Å²) in [5.74, 6) is -0.882. The lowest BCUT2D eigenvalue weighted by Crippen LogP contribution is -2.54. The van der Waals surface area contributed by atoms with Gasteiger partial charge in [0.2, 0.25) is 0 Å². The number of benzene rings is 2. The number of hydrogen-bond donors (Lipinski definition) is 1. The molecule has 3 rings (SSSR count). The number of methoxy groups -OCH3 is 2. The van der Waals surface area contributed by atoms with Crippen LogP contribution in [0.15, 0.2) is 46.4 Å². The topological polar surface area (TPSA) is 84.9 Å². The average Bonchev–Trinajstić information content (AvgIpc) is 2.64. The summed E-state index contributed by atoms with van der Waals surface area (Å²) >= 11 is 9.47. The van der Waals surface area contributed by atoms with Crippen LogP contribution in [0.4, 0.5) is 10.5 Å². The number of anilines is 1. The van der Waals surface area contributed by atoms with E-state index in [9.17, 15) is 14.4 Å². The molecule has 2 aromatic rings. The first-order valence-corrected chi connectivity index (χ1v) is 9.11. The Morgan fingerprint density at radius 3 is 2.50 bits per heavy atom. The monoisotopic (exact) mass is 464 g/mol. The number of urea groups is 1. The predicted molar refractivity (Wildman–Crippen MR) is 108 cm³/mol. The van der Waals surface area contributed by atoms with E-state index in [0.717, 1.165) is 4.90 Å². The molecule has 1 heterocycles. The average molecular weight is 466 g/mol. The Kier molecular flexibility index (Phi) is 5.71. The molecule has 7 nitrogen and oxygen atoms in total. The second-order valence-corrected chi connectivity index (χ2v) is 7.00. The molecule has 4 amide bonds. The first kappa shape index (κ1) is 19.9. The Balaban J connectivity index is 2.06. The van der Waals surface area contributed by atoms with Gasteiger partial charge in [-0.15, -0.1) is 0 Å². The molecule has 0 unspecified atom stereocenters. The van der Waals surface area contributed by atoms with Crippen molar-refractivity contribution in [3.63, 3.8) is 0 Å². The summed E-state index contributed by atoms with van der Waals surface area (Å²) in [6.45, 7) is 0. The van der Waals surface area contributed by atoms with Gasteiger partial charge < -0.3 is 9.47 Å². The second-order valence-electron chi connectivity index (χ2n) is 5.68. The number of carbonyl (C=O) groups excluding carboxylic acids is 3. The van der Waals surface area contributed by atoms with Crippen molar-refractivity contribution in [3.8, 4) is 11.5 Å². The number of nitrogens with zero attached hydrogens (tertiary/aromatic N) is 1. The van der Waals surface area contributed by atoms with Gasteiger partial charge in [-0.2, -0.15) is 0 Å². The van der Waals surface area contributed by atoms with E-state index in [2.05, 4.69) is 21.2 Å². The summed E-state index contributed by atoms with van der Waals surface area (Å²) in [5.41, 5.74) is 0.535. The van der Waals surface area contributed by atoms with Crippen LogP contribution < -0.4 is 19.7 Å². The molecule has 0 saturated carbocycles. The molecular formula is C19H14BrClN2O5. The van der Waals surface area contributed by atoms with Gasteiger partial charge >= 0.3 is 6.03 Å². The van der Waals surface area contributed by atoms with Crippen molar-refractivity contribution in [1.82, 2.24) is 5.32 Å². The number of nitrogens with one attached hydrogen (secondary N) is 1. The van der Waals surface area contributed by atoms with E-state index in [0.29, 0.717) is 27.2 Å². The Morgan fingerprint density at radius 1 is 1.11 bits per heavy atom. The van der Waals surface area contributed by atoms with E-state index in [4.69, 9.17) is 21.1 Å². The zero-order valence-corrected chi connectivity index (χ0v) is 17.1. The minimum Gasteiger partial charge on any atom is -0.493 e. The van der Waals surface area contributed by atoms with Gasteiger partial charge in [0.1, 0.15) is 5.57 Å². The van der Waals surface area contributed by atoms with E-state index >= 15 is 0 Å². The molecule has 2 aromatic carbocycles. The van der Waals surface area contributed by atoms with Crippen LogP contribution in [0, 0.1) is 0 Å². The van der Waals surface area contributed by atoms with Crippen molar-refractivity contribution in [2.45, 2.75) is 0 Å². The molecule has 1 fully saturated rings. The highest BCUT2D eigenvalue weighted by Gasteiger charge is 2.36. The van der Waals surface area contributed by atoms with E-state index in [1.807, 2.05) is 0 Å². The van der Waals surface area contributed by atoms with Crippen LogP contribution in [0.3, 0.4) is 0 Å². The molecule has 1 aliphatic heterocycles. The lowest BCUT2D eigenvalue weighted by molar-refractivity contribution is -0.122. The van der Waals surface area contributed by atoms with Crippen LogP contribution >= 0.6 is 27.5 Å². The third-order valence-electron chi connectivity index (χ3n) is 3.93. The molecule has 0 spiro atoms. The van der Waals surface area contributed by atoms with Gasteiger partial charge in [-0.1, -0.05) is 33.6 Å². The highest BCUT2D eigenvalue weighted by atomic mass is 79.9. The molecule has 1 aliphatic rings. The molecule has 28 heavy (non-hydrogen) atoms. The van der Waals surface area contributed by atoms with Gasteiger partial charge in [0.15, 0.2) is 11.5 Å². The number of amides is 4. The molecule has 144 valence electrons. The summed E-state index contributed by atoms with van der Waals surface area (Å²) in [6, 6.07) is 8.88. The third-order valence-corrected chi connectivity index (χ3v) is 4.71. The number of ether oxygens (including phenoxy) is 2. The number of hydrogen-bond acceptors (Lipinski definition) is 5. The number of halogens is 2. The van der Waals surface area contributed by atoms with Crippen molar-refractivity contribution in [2.24, 2.45) is 0 Å². The number of imide groups is 2. The largest absolute Gasteiger partial charge is 0.493 e. The van der Waals surface area contributed by atoms with Gasteiger partial charge in [-0.3, -0.25) is 14.9 Å². The first-order valence-electron chi connectivity index (χ1n) is 7.94. The standard InChI is InChI=1S/C19H14BrClN2O5/c1-27-15-8-10(7-14(21)16(15)28-2)6-13-17(24)22-19(26)23(18(13)25)12-5-3-4-11(20)9-12/h3-9H,1-2H3,(H,22,24,26)/b13-6+. The Morgan fingerprint density at radius 2 is 1.86 bits per heavy atom. The van der Waals surface area contributed by atoms with Crippen LogP contribution in [0.25, 0.3) is 6.08 Å². The lowest BCUT2D eigenvalue weighted by atomic mass is 10.1. The third kappa shape index (κ3) is 3.74. The van der Waals surface area contributed by atoms with E-state index in [1.165, 1.54) is 26.4 Å². The molecule has 0 aliphatic carbocycles. The zero-order valence-electron chi connectivity index (χ0n) is 14.8. The smallest absolute Gasteiger partial charge is 0.335 e. The fraction of sp³-hybridized carbons (Fsp3) is 0.105. The molecule has 1 N–H and O–H groups in total. The molecule has 0 radical (unpaired) electrons. The highest BCUT2D eigenvalue weighted by Crippen LogP contribution is 2.37. The zero-order chi connectivity index (χ0) is 20.4. The quantitative estimate of drug-likeness (QED) is 0.549. The van der Waals surface area contributed by atoms with Crippen LogP contribution in [0.5, 0.6) is 11.5 Å². The summed E-state index contributed by atoms with van der Waals surface area (Å²) in [5, 5.41) is 2.42. The summed E-state index contributed by atoms with van der Waals surface area (Å²) in [4.78, 5) is 38.3. The maximum Gasteiger partial charge on any atom is 0.335 e. The highest BCUT2D eigenvalue weighted by molar-refractivity contribution is 9.10. The maximum absolute atomic E-state index is 12.9. The van der Waals surface area contributed by atoms with Crippen LogP contribution in [-0.4, -0.2) is 32.1 Å². The SMILES string of the molecule is COc1cc(/C=C2\C(=O)NC(=O)N(c3cccc(Br)c3)C2=O)cc(Cl)c1OC. The van der Waals surface area contributed by atoms with Crippen LogP contribution in [-0.2, 0) is 9.59 Å². The van der Waals surface area contributed by atoms with Crippen molar-refractivity contribution in [2.75, 3.05) is 19.1 Å². The number of carbonyl (C=O) groups is 3. The summed E-state index contributed by atoms with van der Waals surface area (Å²) < 4.78 is 11.1. The first-order chi connectivity index (χ1) is 13.3. The molecule has 1 saturated heterocycles. The van der Waals surface area contributed by atoms with Crippen molar-refractivity contribution in [3.05, 3.63) is 57.0 Å². The Labute approximate surface area is 174 Å². The van der Waals surface area contributed by atoms with Gasteiger partial charge in [-0.25, -0.2) is 9.69 Å². The molecular weight excluding hydrogens is 452 g/mol. The van der Waals surface area contributed by atoms with Gasteiger partial charge in [0, 0.05) is 4.47 Å². The minimum atomic E-state index is -0.824. The van der Waals surface area contributed by atoms with Crippen LogP contribution in [0.2, 0.25) is 5.02 Å². The van der Waals surface area contributed by atoms with E-state index < -0.39 is 17.8 Å². The summed E-state index contributed by atoms with van der Waals surface area (Å²) in [7, 11) is 2.89. The molecule has 0 bridgehead atoms. The molecule has 9 heteroatoms. The van der Waals surface area contributed by atoms with Crippen molar-refractivity contribution < 1.29 is 23.9 Å². The Hall–Kier alpha value is -2.84.